The molecule has 6 heteroatoms. The maximum absolute atomic E-state index is 10.9. The number of nitrogens with zero attached hydrogens (tertiary/aromatic N) is 1. The second-order valence-corrected chi connectivity index (χ2v) is 4.62. The predicted molar refractivity (Wildman–Crippen MR) is 82.7 cm³/mol. The van der Waals surface area contributed by atoms with Gasteiger partial charge in [-0.1, -0.05) is 6.07 Å². The summed E-state index contributed by atoms with van der Waals surface area (Å²) < 4.78 is 5.53. The highest BCUT2D eigenvalue weighted by molar-refractivity contribution is 5.62. The van der Waals surface area contributed by atoms with Crippen molar-refractivity contribution < 1.29 is 9.66 Å². The molecule has 0 heterocycles. The van der Waals surface area contributed by atoms with Gasteiger partial charge in [0, 0.05) is 18.3 Å². The van der Waals surface area contributed by atoms with Gasteiger partial charge in [-0.05, 0) is 42.8 Å². The van der Waals surface area contributed by atoms with Crippen LogP contribution in [0.3, 0.4) is 0 Å². The Balaban J connectivity index is 1.90. The average molecular weight is 287 g/mol. The molecule has 6 nitrogen and oxygen atoms in total. The minimum Gasteiger partial charge on any atom is -0.492 e. The molecular formula is C15H17N3O3. The van der Waals surface area contributed by atoms with E-state index in [-0.39, 0.29) is 5.69 Å². The molecule has 0 saturated heterocycles. The third-order valence-corrected chi connectivity index (χ3v) is 2.92. The molecule has 0 aliphatic heterocycles. The number of nitrogens with two attached hydrogens (primary N) is 1. The van der Waals surface area contributed by atoms with Gasteiger partial charge in [0.25, 0.3) is 5.69 Å². The minimum absolute atomic E-state index is 0.0630. The largest absolute Gasteiger partial charge is 0.492 e. The summed E-state index contributed by atoms with van der Waals surface area (Å²) in [4.78, 5) is 10.5. The van der Waals surface area contributed by atoms with Crippen molar-refractivity contribution in [2.24, 2.45) is 0 Å². The Morgan fingerprint density at radius 2 is 1.95 bits per heavy atom. The normalized spacial score (nSPS) is 10.1. The molecule has 0 aromatic heterocycles. The Kier molecular flexibility index (Phi) is 4.61. The zero-order valence-electron chi connectivity index (χ0n) is 11.7. The molecule has 3 N–H and O–H groups in total. The number of nitro benzene ring substituents is 1. The van der Waals surface area contributed by atoms with Gasteiger partial charge in [-0.3, -0.25) is 10.1 Å². The third kappa shape index (κ3) is 4.10. The second-order valence-electron chi connectivity index (χ2n) is 4.62. The number of ether oxygens (including phenoxy) is 1. The van der Waals surface area contributed by atoms with Crippen LogP contribution in [-0.4, -0.2) is 18.1 Å². The van der Waals surface area contributed by atoms with Gasteiger partial charge in [0.2, 0.25) is 0 Å². The van der Waals surface area contributed by atoms with E-state index < -0.39 is 4.92 Å². The lowest BCUT2D eigenvalue weighted by atomic mass is 10.2. The Hall–Kier alpha value is -2.76. The maximum Gasteiger partial charge on any atom is 0.292 e. The molecule has 110 valence electrons. The minimum atomic E-state index is -0.400. The summed E-state index contributed by atoms with van der Waals surface area (Å²) in [6, 6.07) is 12.0. The molecule has 2 rings (SSSR count). The maximum atomic E-state index is 10.9. The fraction of sp³-hybridized carbons (Fsp3) is 0.200. The number of aryl methyl sites for hydroxylation is 1. The van der Waals surface area contributed by atoms with E-state index in [9.17, 15) is 10.1 Å². The number of anilines is 2. The Labute approximate surface area is 122 Å². The van der Waals surface area contributed by atoms with Gasteiger partial charge in [0.15, 0.2) is 0 Å². The highest BCUT2D eigenvalue weighted by Crippen LogP contribution is 2.24. The second kappa shape index (κ2) is 6.60. The van der Waals surface area contributed by atoms with E-state index in [1.54, 1.807) is 36.4 Å². The van der Waals surface area contributed by atoms with Crippen molar-refractivity contribution in [2.75, 3.05) is 24.2 Å². The number of benzene rings is 2. The first-order valence-electron chi connectivity index (χ1n) is 6.53. The standard InChI is InChI=1S/C15H17N3O3/c1-11-2-7-15(18(19)20)14(10-11)17-8-9-21-13-5-3-12(16)4-6-13/h2-7,10,17H,8-9,16H2,1H3. The molecule has 0 unspecified atom stereocenters. The molecular weight excluding hydrogens is 270 g/mol. The summed E-state index contributed by atoms with van der Waals surface area (Å²) in [5.74, 6) is 0.713. The zero-order chi connectivity index (χ0) is 15.2. The molecule has 2 aromatic rings. The topological polar surface area (TPSA) is 90.4 Å². The molecule has 0 bridgehead atoms. The first-order valence-corrected chi connectivity index (χ1v) is 6.53. The van der Waals surface area contributed by atoms with Crippen LogP contribution in [0.5, 0.6) is 5.75 Å². The summed E-state index contributed by atoms with van der Waals surface area (Å²) >= 11 is 0. The molecule has 0 aliphatic rings. The molecule has 0 aliphatic carbocycles. The van der Waals surface area contributed by atoms with Crippen LogP contribution in [0.1, 0.15) is 5.56 Å². The van der Waals surface area contributed by atoms with Crippen LogP contribution in [0.25, 0.3) is 0 Å². The SMILES string of the molecule is Cc1ccc([N+](=O)[O-])c(NCCOc2ccc(N)cc2)c1. The highest BCUT2D eigenvalue weighted by Gasteiger charge is 2.12. The van der Waals surface area contributed by atoms with Crippen LogP contribution in [0.15, 0.2) is 42.5 Å². The molecule has 0 radical (unpaired) electrons. The molecule has 21 heavy (non-hydrogen) atoms. The molecule has 0 atom stereocenters. The fourth-order valence-corrected chi connectivity index (χ4v) is 1.87. The summed E-state index contributed by atoms with van der Waals surface area (Å²) in [5.41, 5.74) is 7.79. The first-order chi connectivity index (χ1) is 10.1. The van der Waals surface area contributed by atoms with Crippen molar-refractivity contribution >= 4 is 17.1 Å². The smallest absolute Gasteiger partial charge is 0.292 e. The fourth-order valence-electron chi connectivity index (χ4n) is 1.87. The van der Waals surface area contributed by atoms with Gasteiger partial charge in [0.1, 0.15) is 18.0 Å². The molecule has 0 amide bonds. The molecule has 0 fully saturated rings. The quantitative estimate of drug-likeness (QED) is 0.369. The first kappa shape index (κ1) is 14.6. The van der Waals surface area contributed by atoms with Crippen LogP contribution in [0, 0.1) is 17.0 Å². The van der Waals surface area contributed by atoms with Crippen LogP contribution in [0.2, 0.25) is 0 Å². The Morgan fingerprint density at radius 3 is 2.62 bits per heavy atom. The van der Waals surface area contributed by atoms with E-state index in [0.29, 0.717) is 30.3 Å². The third-order valence-electron chi connectivity index (χ3n) is 2.92. The van der Waals surface area contributed by atoms with Gasteiger partial charge in [-0.2, -0.15) is 0 Å². The summed E-state index contributed by atoms with van der Waals surface area (Å²) in [6.45, 7) is 2.75. The van der Waals surface area contributed by atoms with Gasteiger partial charge in [0.05, 0.1) is 4.92 Å². The summed E-state index contributed by atoms with van der Waals surface area (Å²) in [5, 5.41) is 14.0. The van der Waals surface area contributed by atoms with E-state index in [2.05, 4.69) is 5.32 Å². The van der Waals surface area contributed by atoms with Crippen molar-refractivity contribution in [1.82, 2.24) is 0 Å². The van der Waals surface area contributed by atoms with Gasteiger partial charge in [-0.25, -0.2) is 0 Å². The predicted octanol–water partition coefficient (Wildman–Crippen LogP) is 2.98. The average Bonchev–Trinajstić information content (AvgIpc) is 2.45. The Bertz CT molecular complexity index is 627. The monoisotopic (exact) mass is 287 g/mol. The van der Waals surface area contributed by atoms with Gasteiger partial charge in [-0.15, -0.1) is 0 Å². The number of nitro groups is 1. The highest BCUT2D eigenvalue weighted by atomic mass is 16.6. The number of rotatable bonds is 6. The number of hydrogen-bond donors (Lipinski definition) is 2. The lowest BCUT2D eigenvalue weighted by Crippen LogP contribution is -2.12. The van der Waals surface area contributed by atoms with Gasteiger partial charge >= 0.3 is 0 Å². The van der Waals surface area contributed by atoms with Gasteiger partial charge < -0.3 is 15.8 Å². The van der Waals surface area contributed by atoms with Crippen molar-refractivity contribution in [3.05, 3.63) is 58.1 Å². The number of nitrogens with one attached hydrogen (secondary N) is 1. The van der Waals surface area contributed by atoms with E-state index in [4.69, 9.17) is 10.5 Å². The number of nitrogen functional groups attached to an aromatic ring is 1. The summed E-state index contributed by atoms with van der Waals surface area (Å²) in [6.07, 6.45) is 0. The molecule has 0 saturated carbocycles. The van der Waals surface area contributed by atoms with Crippen LogP contribution < -0.4 is 15.8 Å². The zero-order valence-corrected chi connectivity index (χ0v) is 11.7. The van der Waals surface area contributed by atoms with Crippen molar-refractivity contribution in [2.45, 2.75) is 6.92 Å². The van der Waals surface area contributed by atoms with E-state index in [1.165, 1.54) is 6.07 Å². The van der Waals surface area contributed by atoms with Crippen LogP contribution in [-0.2, 0) is 0 Å². The molecule has 2 aromatic carbocycles. The number of hydrogen-bond acceptors (Lipinski definition) is 5. The van der Waals surface area contributed by atoms with E-state index >= 15 is 0 Å². The van der Waals surface area contributed by atoms with Crippen molar-refractivity contribution in [3.63, 3.8) is 0 Å². The van der Waals surface area contributed by atoms with Crippen molar-refractivity contribution in [1.29, 1.82) is 0 Å². The van der Waals surface area contributed by atoms with E-state index in [1.807, 2.05) is 6.92 Å². The lowest BCUT2D eigenvalue weighted by molar-refractivity contribution is -0.384. The van der Waals surface area contributed by atoms with Crippen LogP contribution in [0.4, 0.5) is 17.1 Å². The molecule has 0 spiro atoms. The van der Waals surface area contributed by atoms with Crippen LogP contribution >= 0.6 is 0 Å². The lowest BCUT2D eigenvalue weighted by Gasteiger charge is -2.09. The van der Waals surface area contributed by atoms with Crippen molar-refractivity contribution in [3.8, 4) is 5.75 Å². The van der Waals surface area contributed by atoms with E-state index in [0.717, 1.165) is 5.56 Å². The summed E-state index contributed by atoms with van der Waals surface area (Å²) in [7, 11) is 0. The Morgan fingerprint density at radius 1 is 1.24 bits per heavy atom.